The lowest BCUT2D eigenvalue weighted by Gasteiger charge is -2.04. The van der Waals surface area contributed by atoms with E-state index in [0.717, 1.165) is 27.5 Å². The van der Waals surface area contributed by atoms with Crippen LogP contribution in [0.3, 0.4) is 0 Å². The highest BCUT2D eigenvalue weighted by Gasteiger charge is 2.12. The normalized spacial score (nSPS) is 11.0. The van der Waals surface area contributed by atoms with Crippen LogP contribution in [-0.4, -0.2) is 10.1 Å². The Bertz CT molecular complexity index is 1090. The van der Waals surface area contributed by atoms with Gasteiger partial charge >= 0.3 is 0 Å². The molecule has 0 aliphatic carbocycles. The first-order valence-corrected chi connectivity index (χ1v) is 8.05. The van der Waals surface area contributed by atoms with Crippen LogP contribution in [0.5, 0.6) is 0 Å². The highest BCUT2D eigenvalue weighted by atomic mass is 35.5. The lowest BCUT2D eigenvalue weighted by molar-refractivity contribution is 0.620. The standard InChI is InChI=1S/C18H12ClN3OS/c19-14-6-2-3-11-12(14)4-1-5-13(11)17-22-15-9-10(21-18(20)24)7-8-16(15)23-17/h1-9H,(H3,20,21,24). The highest BCUT2D eigenvalue weighted by Crippen LogP contribution is 2.33. The van der Waals surface area contributed by atoms with Gasteiger partial charge in [0.1, 0.15) is 5.52 Å². The van der Waals surface area contributed by atoms with Crippen LogP contribution in [0.2, 0.25) is 5.02 Å². The molecule has 1 aromatic heterocycles. The molecule has 0 bridgehead atoms. The van der Waals surface area contributed by atoms with Gasteiger partial charge in [-0.3, -0.25) is 0 Å². The van der Waals surface area contributed by atoms with Crippen molar-refractivity contribution in [1.29, 1.82) is 0 Å². The molecule has 0 fully saturated rings. The van der Waals surface area contributed by atoms with Gasteiger partial charge < -0.3 is 15.5 Å². The number of thiocarbonyl (C=S) groups is 1. The Morgan fingerprint density at radius 2 is 1.88 bits per heavy atom. The fourth-order valence-corrected chi connectivity index (χ4v) is 3.08. The zero-order chi connectivity index (χ0) is 16.7. The molecule has 0 saturated carbocycles. The number of rotatable bonds is 2. The summed E-state index contributed by atoms with van der Waals surface area (Å²) >= 11 is 11.1. The van der Waals surface area contributed by atoms with E-state index in [1.54, 1.807) is 0 Å². The maximum atomic E-state index is 6.28. The summed E-state index contributed by atoms with van der Waals surface area (Å²) in [6.07, 6.45) is 0. The van der Waals surface area contributed by atoms with Gasteiger partial charge in [-0.1, -0.05) is 35.9 Å². The molecule has 0 amide bonds. The first-order valence-electron chi connectivity index (χ1n) is 7.26. The molecule has 24 heavy (non-hydrogen) atoms. The van der Waals surface area contributed by atoms with Crippen LogP contribution in [0.4, 0.5) is 5.69 Å². The summed E-state index contributed by atoms with van der Waals surface area (Å²) in [6.45, 7) is 0. The molecule has 3 N–H and O–H groups in total. The smallest absolute Gasteiger partial charge is 0.227 e. The van der Waals surface area contributed by atoms with Gasteiger partial charge in [0.05, 0.1) is 0 Å². The summed E-state index contributed by atoms with van der Waals surface area (Å²) in [5, 5.41) is 5.77. The summed E-state index contributed by atoms with van der Waals surface area (Å²) in [7, 11) is 0. The molecule has 4 nitrogen and oxygen atoms in total. The van der Waals surface area contributed by atoms with Gasteiger partial charge in [0.25, 0.3) is 0 Å². The van der Waals surface area contributed by atoms with Crippen molar-refractivity contribution < 1.29 is 4.42 Å². The highest BCUT2D eigenvalue weighted by molar-refractivity contribution is 7.80. The van der Waals surface area contributed by atoms with Crippen molar-refractivity contribution in [3.05, 3.63) is 59.6 Å². The van der Waals surface area contributed by atoms with Crippen LogP contribution >= 0.6 is 23.8 Å². The molecule has 0 saturated heterocycles. The summed E-state index contributed by atoms with van der Waals surface area (Å²) in [5.41, 5.74) is 8.60. The van der Waals surface area contributed by atoms with E-state index in [0.29, 0.717) is 16.5 Å². The molecule has 3 aromatic carbocycles. The zero-order valence-electron chi connectivity index (χ0n) is 12.4. The molecular weight excluding hydrogens is 342 g/mol. The Morgan fingerprint density at radius 3 is 2.71 bits per heavy atom. The van der Waals surface area contributed by atoms with Gasteiger partial charge in [-0.2, -0.15) is 0 Å². The molecule has 0 aliphatic heterocycles. The molecule has 0 spiro atoms. The first kappa shape index (κ1) is 14.9. The quantitative estimate of drug-likeness (QED) is 0.499. The lowest BCUT2D eigenvalue weighted by atomic mass is 10.0. The summed E-state index contributed by atoms with van der Waals surface area (Å²) in [6, 6.07) is 17.2. The molecule has 4 aromatic rings. The second-order valence-corrected chi connectivity index (χ2v) is 6.18. The number of fused-ring (bicyclic) bond motifs is 2. The molecule has 6 heteroatoms. The molecule has 0 atom stereocenters. The number of anilines is 1. The number of hydrogen-bond acceptors (Lipinski definition) is 3. The van der Waals surface area contributed by atoms with Crippen molar-refractivity contribution in [2.24, 2.45) is 5.73 Å². The van der Waals surface area contributed by atoms with E-state index in [1.165, 1.54) is 0 Å². The molecule has 0 unspecified atom stereocenters. The number of oxazole rings is 1. The van der Waals surface area contributed by atoms with E-state index >= 15 is 0 Å². The fraction of sp³-hybridized carbons (Fsp3) is 0. The Labute approximate surface area is 148 Å². The van der Waals surface area contributed by atoms with Gasteiger partial charge in [0.2, 0.25) is 5.89 Å². The number of nitrogens with one attached hydrogen (secondary N) is 1. The zero-order valence-corrected chi connectivity index (χ0v) is 14.0. The van der Waals surface area contributed by atoms with Crippen LogP contribution in [0.25, 0.3) is 33.3 Å². The van der Waals surface area contributed by atoms with E-state index in [1.807, 2.05) is 54.6 Å². The van der Waals surface area contributed by atoms with Crippen molar-refractivity contribution in [1.82, 2.24) is 4.98 Å². The number of benzene rings is 3. The minimum Gasteiger partial charge on any atom is -0.436 e. The number of hydrogen-bond donors (Lipinski definition) is 2. The van der Waals surface area contributed by atoms with Crippen molar-refractivity contribution in [2.75, 3.05) is 5.32 Å². The largest absolute Gasteiger partial charge is 0.436 e. The van der Waals surface area contributed by atoms with E-state index in [9.17, 15) is 0 Å². The maximum absolute atomic E-state index is 6.28. The third-order valence-electron chi connectivity index (χ3n) is 3.75. The first-order chi connectivity index (χ1) is 11.6. The molecule has 0 radical (unpaired) electrons. The number of nitrogens with two attached hydrogens (primary N) is 1. The number of aromatic nitrogens is 1. The van der Waals surface area contributed by atoms with Crippen LogP contribution < -0.4 is 11.1 Å². The average molecular weight is 354 g/mol. The SMILES string of the molecule is NC(=S)Nc1ccc2oc(-c3cccc4c(Cl)cccc34)nc2c1. The van der Waals surface area contributed by atoms with E-state index in [2.05, 4.69) is 10.3 Å². The van der Waals surface area contributed by atoms with Crippen LogP contribution in [0, 0.1) is 0 Å². The van der Waals surface area contributed by atoms with Crippen LogP contribution in [0.1, 0.15) is 0 Å². The van der Waals surface area contributed by atoms with E-state index < -0.39 is 0 Å². The predicted octanol–water partition coefficient (Wildman–Crippen LogP) is 4.96. The van der Waals surface area contributed by atoms with Crippen molar-refractivity contribution >= 4 is 56.5 Å². The maximum Gasteiger partial charge on any atom is 0.227 e. The Balaban J connectivity index is 1.88. The summed E-state index contributed by atoms with van der Waals surface area (Å²) < 4.78 is 5.92. The summed E-state index contributed by atoms with van der Waals surface area (Å²) in [5.74, 6) is 0.547. The van der Waals surface area contributed by atoms with Crippen molar-refractivity contribution in [3.8, 4) is 11.5 Å². The average Bonchev–Trinajstić information content (AvgIpc) is 2.97. The molecule has 0 aliphatic rings. The van der Waals surface area contributed by atoms with Crippen molar-refractivity contribution in [2.45, 2.75) is 0 Å². The molecule has 1 heterocycles. The monoisotopic (exact) mass is 353 g/mol. The minimum absolute atomic E-state index is 0.210. The minimum atomic E-state index is 0.210. The lowest BCUT2D eigenvalue weighted by Crippen LogP contribution is -2.18. The van der Waals surface area contributed by atoms with Gasteiger partial charge in [0.15, 0.2) is 10.7 Å². The van der Waals surface area contributed by atoms with E-state index in [4.69, 9.17) is 34.0 Å². The Kier molecular flexibility index (Phi) is 3.59. The van der Waals surface area contributed by atoms with E-state index in [-0.39, 0.29) is 5.11 Å². The topological polar surface area (TPSA) is 64.1 Å². The predicted molar refractivity (Wildman–Crippen MR) is 102 cm³/mol. The van der Waals surface area contributed by atoms with Crippen LogP contribution in [0.15, 0.2) is 59.0 Å². The Hall–Kier alpha value is -2.63. The van der Waals surface area contributed by atoms with Gasteiger partial charge in [0, 0.05) is 21.7 Å². The molecule has 118 valence electrons. The third-order valence-corrected chi connectivity index (χ3v) is 4.19. The Morgan fingerprint density at radius 1 is 1.08 bits per heavy atom. The van der Waals surface area contributed by atoms with Gasteiger partial charge in [-0.05, 0) is 47.9 Å². The number of halogens is 1. The second-order valence-electron chi connectivity index (χ2n) is 5.33. The second kappa shape index (κ2) is 5.78. The van der Waals surface area contributed by atoms with Gasteiger partial charge in [-0.25, -0.2) is 4.98 Å². The van der Waals surface area contributed by atoms with Crippen LogP contribution in [-0.2, 0) is 0 Å². The number of nitrogens with zero attached hydrogens (tertiary/aromatic N) is 1. The third kappa shape index (κ3) is 2.58. The fourth-order valence-electron chi connectivity index (χ4n) is 2.72. The molecular formula is C18H12ClN3OS. The molecule has 4 rings (SSSR count). The van der Waals surface area contributed by atoms with Gasteiger partial charge in [-0.15, -0.1) is 0 Å². The summed E-state index contributed by atoms with van der Waals surface area (Å²) in [4.78, 5) is 4.60. The van der Waals surface area contributed by atoms with Crippen molar-refractivity contribution in [3.63, 3.8) is 0 Å².